The Morgan fingerprint density at radius 3 is 2.79 bits per heavy atom. The normalized spacial score (nSPS) is 21.2. The van der Waals surface area contributed by atoms with Crippen molar-refractivity contribution >= 4 is 0 Å². The molecule has 0 aromatic heterocycles. The van der Waals surface area contributed by atoms with E-state index in [1.807, 2.05) is 18.2 Å². The number of rotatable bonds is 7. The zero-order valence-corrected chi connectivity index (χ0v) is 11.7. The van der Waals surface area contributed by atoms with Crippen LogP contribution in [0.2, 0.25) is 0 Å². The maximum atomic E-state index is 5.75. The smallest absolute Gasteiger partial charge is 0.157 e. The summed E-state index contributed by atoms with van der Waals surface area (Å²) in [4.78, 5) is 0. The SMILES string of the molecule is C[C@@H](COCc1ccccc1)CO[C@@H]1CCCCO1. The summed E-state index contributed by atoms with van der Waals surface area (Å²) >= 11 is 0. The standard InChI is InChI=1S/C16H24O3/c1-14(12-19-16-9-5-6-10-18-16)11-17-13-15-7-3-2-4-8-15/h2-4,7-8,14,16H,5-6,9-13H2,1H3/t14-,16+/m0/s1. The molecule has 1 saturated heterocycles. The lowest BCUT2D eigenvalue weighted by Gasteiger charge is -2.24. The van der Waals surface area contributed by atoms with Gasteiger partial charge in [0.05, 0.1) is 19.8 Å². The van der Waals surface area contributed by atoms with E-state index in [0.29, 0.717) is 19.1 Å². The van der Waals surface area contributed by atoms with Gasteiger partial charge in [0, 0.05) is 12.5 Å². The summed E-state index contributed by atoms with van der Waals surface area (Å²) in [7, 11) is 0. The van der Waals surface area contributed by atoms with Crippen molar-refractivity contribution in [3.63, 3.8) is 0 Å². The van der Waals surface area contributed by atoms with Gasteiger partial charge < -0.3 is 14.2 Å². The molecule has 1 aromatic rings. The molecule has 19 heavy (non-hydrogen) atoms. The molecule has 2 rings (SSSR count). The van der Waals surface area contributed by atoms with Crippen molar-refractivity contribution in [2.45, 2.75) is 39.1 Å². The Bertz CT molecular complexity index is 333. The van der Waals surface area contributed by atoms with E-state index < -0.39 is 0 Å². The molecule has 0 N–H and O–H groups in total. The highest BCUT2D eigenvalue weighted by atomic mass is 16.7. The summed E-state index contributed by atoms with van der Waals surface area (Å²) in [6.45, 7) is 5.09. The van der Waals surface area contributed by atoms with Crippen LogP contribution in [0.25, 0.3) is 0 Å². The van der Waals surface area contributed by atoms with Gasteiger partial charge in [-0.1, -0.05) is 37.3 Å². The summed E-state index contributed by atoms with van der Waals surface area (Å²) in [5.74, 6) is 0.397. The third-order valence-electron chi connectivity index (χ3n) is 3.22. The van der Waals surface area contributed by atoms with Crippen LogP contribution in [0.4, 0.5) is 0 Å². The van der Waals surface area contributed by atoms with Gasteiger partial charge in [-0.15, -0.1) is 0 Å². The van der Waals surface area contributed by atoms with Crippen molar-refractivity contribution < 1.29 is 14.2 Å². The predicted octanol–water partition coefficient (Wildman–Crippen LogP) is 3.38. The molecule has 0 bridgehead atoms. The third-order valence-corrected chi connectivity index (χ3v) is 3.22. The summed E-state index contributed by atoms with van der Waals surface area (Å²) in [5.41, 5.74) is 1.21. The average Bonchev–Trinajstić information content (AvgIpc) is 2.47. The first-order chi connectivity index (χ1) is 9.34. The van der Waals surface area contributed by atoms with Crippen LogP contribution in [0, 0.1) is 5.92 Å². The van der Waals surface area contributed by atoms with Crippen LogP contribution in [0.3, 0.4) is 0 Å². The van der Waals surface area contributed by atoms with Crippen molar-refractivity contribution in [1.29, 1.82) is 0 Å². The molecule has 3 nitrogen and oxygen atoms in total. The van der Waals surface area contributed by atoms with Crippen LogP contribution >= 0.6 is 0 Å². The molecule has 1 aliphatic heterocycles. The van der Waals surface area contributed by atoms with Gasteiger partial charge in [-0.2, -0.15) is 0 Å². The van der Waals surface area contributed by atoms with Crippen LogP contribution in [-0.2, 0) is 20.8 Å². The van der Waals surface area contributed by atoms with Gasteiger partial charge in [0.15, 0.2) is 6.29 Å². The molecule has 0 aliphatic carbocycles. The summed E-state index contributed by atoms with van der Waals surface area (Å²) in [6, 6.07) is 10.2. The molecule has 1 heterocycles. The fourth-order valence-electron chi connectivity index (χ4n) is 2.11. The molecule has 1 aromatic carbocycles. The van der Waals surface area contributed by atoms with Gasteiger partial charge in [-0.05, 0) is 24.8 Å². The maximum Gasteiger partial charge on any atom is 0.157 e. The lowest BCUT2D eigenvalue weighted by atomic mass is 10.2. The van der Waals surface area contributed by atoms with E-state index in [9.17, 15) is 0 Å². The minimum Gasteiger partial charge on any atom is -0.376 e. The molecule has 1 fully saturated rings. The van der Waals surface area contributed by atoms with Gasteiger partial charge in [-0.3, -0.25) is 0 Å². The first-order valence-electron chi connectivity index (χ1n) is 7.19. The van der Waals surface area contributed by atoms with Crippen LogP contribution in [0.15, 0.2) is 30.3 Å². The molecule has 2 atom stereocenters. The van der Waals surface area contributed by atoms with E-state index in [2.05, 4.69) is 19.1 Å². The van der Waals surface area contributed by atoms with E-state index in [1.54, 1.807) is 0 Å². The van der Waals surface area contributed by atoms with Crippen LogP contribution < -0.4 is 0 Å². The van der Waals surface area contributed by atoms with Crippen molar-refractivity contribution in [3.8, 4) is 0 Å². The van der Waals surface area contributed by atoms with Gasteiger partial charge in [0.25, 0.3) is 0 Å². The fraction of sp³-hybridized carbons (Fsp3) is 0.625. The number of ether oxygens (including phenoxy) is 3. The number of hydrogen-bond donors (Lipinski definition) is 0. The second kappa shape index (κ2) is 8.31. The highest BCUT2D eigenvalue weighted by molar-refractivity contribution is 5.13. The van der Waals surface area contributed by atoms with Crippen LogP contribution in [-0.4, -0.2) is 26.1 Å². The van der Waals surface area contributed by atoms with Gasteiger partial charge in [0.1, 0.15) is 0 Å². The van der Waals surface area contributed by atoms with Crippen molar-refractivity contribution in [2.75, 3.05) is 19.8 Å². The molecular weight excluding hydrogens is 240 g/mol. The Morgan fingerprint density at radius 1 is 1.21 bits per heavy atom. The van der Waals surface area contributed by atoms with Crippen LogP contribution in [0.1, 0.15) is 31.7 Å². The van der Waals surface area contributed by atoms with Gasteiger partial charge in [0.2, 0.25) is 0 Å². The fourth-order valence-corrected chi connectivity index (χ4v) is 2.11. The number of hydrogen-bond acceptors (Lipinski definition) is 3. The topological polar surface area (TPSA) is 27.7 Å². The van der Waals surface area contributed by atoms with Crippen molar-refractivity contribution in [3.05, 3.63) is 35.9 Å². The van der Waals surface area contributed by atoms with E-state index in [0.717, 1.165) is 26.1 Å². The number of benzene rings is 1. The Hall–Kier alpha value is -0.900. The first-order valence-corrected chi connectivity index (χ1v) is 7.19. The molecule has 0 spiro atoms. The largest absolute Gasteiger partial charge is 0.376 e. The molecular formula is C16H24O3. The highest BCUT2D eigenvalue weighted by Gasteiger charge is 2.15. The van der Waals surface area contributed by atoms with Crippen molar-refractivity contribution in [1.82, 2.24) is 0 Å². The zero-order chi connectivity index (χ0) is 13.3. The second-order valence-electron chi connectivity index (χ2n) is 5.24. The first kappa shape index (κ1) is 14.5. The van der Waals surface area contributed by atoms with E-state index >= 15 is 0 Å². The molecule has 0 unspecified atom stereocenters. The van der Waals surface area contributed by atoms with E-state index in [-0.39, 0.29) is 6.29 Å². The molecule has 0 amide bonds. The molecule has 106 valence electrons. The summed E-state index contributed by atoms with van der Waals surface area (Å²) < 4.78 is 17.0. The maximum absolute atomic E-state index is 5.75. The molecule has 1 aliphatic rings. The Labute approximate surface area is 115 Å². The Kier molecular flexibility index (Phi) is 6.34. The zero-order valence-electron chi connectivity index (χ0n) is 11.7. The van der Waals surface area contributed by atoms with Crippen molar-refractivity contribution in [2.24, 2.45) is 5.92 Å². The minimum atomic E-state index is 0.00493. The third kappa shape index (κ3) is 5.72. The second-order valence-corrected chi connectivity index (χ2v) is 5.24. The molecule has 0 radical (unpaired) electrons. The summed E-state index contributed by atoms with van der Waals surface area (Å²) in [5, 5.41) is 0. The Morgan fingerprint density at radius 2 is 2.05 bits per heavy atom. The lowest BCUT2D eigenvalue weighted by molar-refractivity contribution is -0.170. The average molecular weight is 264 g/mol. The quantitative estimate of drug-likeness (QED) is 0.755. The minimum absolute atomic E-state index is 0.00493. The molecule has 0 saturated carbocycles. The highest BCUT2D eigenvalue weighted by Crippen LogP contribution is 2.14. The van der Waals surface area contributed by atoms with Gasteiger partial charge >= 0.3 is 0 Å². The monoisotopic (exact) mass is 264 g/mol. The van der Waals surface area contributed by atoms with E-state index in [4.69, 9.17) is 14.2 Å². The lowest BCUT2D eigenvalue weighted by Crippen LogP contribution is -2.25. The Balaban J connectivity index is 1.55. The van der Waals surface area contributed by atoms with E-state index in [1.165, 1.54) is 12.0 Å². The summed E-state index contributed by atoms with van der Waals surface area (Å²) in [6.07, 6.45) is 3.40. The predicted molar refractivity (Wildman–Crippen MR) is 74.8 cm³/mol. The van der Waals surface area contributed by atoms with Crippen LogP contribution in [0.5, 0.6) is 0 Å². The van der Waals surface area contributed by atoms with Gasteiger partial charge in [-0.25, -0.2) is 0 Å². The molecule has 3 heteroatoms.